The Hall–Kier alpha value is -1.68. The summed E-state index contributed by atoms with van der Waals surface area (Å²) in [6.45, 7) is 2.62. The summed E-state index contributed by atoms with van der Waals surface area (Å²) in [7, 11) is 0. The second-order valence-corrected chi connectivity index (χ2v) is 2.39. The lowest BCUT2D eigenvalue weighted by molar-refractivity contribution is 0.269. The summed E-state index contributed by atoms with van der Waals surface area (Å²) in [6.07, 6.45) is 3.31. The molecule has 13 heavy (non-hydrogen) atoms. The average molecular weight is 172 g/mol. The molecule has 0 bridgehead atoms. The highest BCUT2D eigenvalue weighted by Crippen LogP contribution is 1.94. The van der Waals surface area contributed by atoms with E-state index in [1.807, 2.05) is 37.3 Å². The highest BCUT2D eigenvalue weighted by molar-refractivity contribution is 5.36. The maximum atomic E-state index is 4.99. The largest absolute Gasteiger partial charge is 0.501 e. The third-order valence-corrected chi connectivity index (χ3v) is 1.40. The van der Waals surface area contributed by atoms with Crippen molar-refractivity contribution in [1.82, 2.24) is 0 Å². The summed E-state index contributed by atoms with van der Waals surface area (Å²) in [5.41, 5.74) is 1.02. The minimum atomic E-state index is 0.684. The molecular weight excluding hydrogens is 160 g/mol. The molecule has 0 saturated heterocycles. The van der Waals surface area contributed by atoms with Gasteiger partial charge in [-0.25, -0.2) is 0 Å². The van der Waals surface area contributed by atoms with Gasteiger partial charge in [-0.05, 0) is 19.1 Å². The third-order valence-electron chi connectivity index (χ3n) is 1.40. The van der Waals surface area contributed by atoms with Crippen LogP contribution in [0.2, 0.25) is 0 Å². The fourth-order valence-corrected chi connectivity index (χ4v) is 0.825. The van der Waals surface area contributed by atoms with Crippen LogP contribution in [-0.2, 0) is 4.74 Å². The standard InChI is InChI=1S/C12H12O/c1-2-13-11-7-6-10-12-8-4-3-5-9-12/h3-5,7-9,11H,2H2,1H3/b11-7+. The Morgan fingerprint density at radius 2 is 2.08 bits per heavy atom. The Morgan fingerprint density at radius 3 is 2.77 bits per heavy atom. The van der Waals surface area contributed by atoms with Crippen LogP contribution in [0.15, 0.2) is 42.7 Å². The zero-order chi connectivity index (χ0) is 9.36. The van der Waals surface area contributed by atoms with E-state index in [0.717, 1.165) is 5.56 Å². The van der Waals surface area contributed by atoms with Crippen molar-refractivity contribution in [3.05, 3.63) is 48.2 Å². The predicted molar refractivity (Wildman–Crippen MR) is 54.1 cm³/mol. The molecule has 1 heteroatoms. The lowest BCUT2D eigenvalue weighted by Gasteiger charge is -1.87. The van der Waals surface area contributed by atoms with E-state index in [-0.39, 0.29) is 0 Å². The molecule has 1 aromatic rings. The van der Waals surface area contributed by atoms with Crippen molar-refractivity contribution in [3.8, 4) is 11.8 Å². The summed E-state index contributed by atoms with van der Waals surface area (Å²) >= 11 is 0. The molecule has 1 aromatic carbocycles. The average Bonchev–Trinajstić information content (AvgIpc) is 2.19. The van der Waals surface area contributed by atoms with Crippen LogP contribution in [0.3, 0.4) is 0 Å². The van der Waals surface area contributed by atoms with E-state index in [1.54, 1.807) is 12.3 Å². The Balaban J connectivity index is 2.49. The fourth-order valence-electron chi connectivity index (χ4n) is 0.825. The van der Waals surface area contributed by atoms with Gasteiger partial charge in [-0.15, -0.1) is 0 Å². The van der Waals surface area contributed by atoms with Crippen LogP contribution in [0.5, 0.6) is 0 Å². The van der Waals surface area contributed by atoms with Gasteiger partial charge in [-0.2, -0.15) is 0 Å². The first kappa shape index (κ1) is 9.41. The molecule has 0 aliphatic carbocycles. The van der Waals surface area contributed by atoms with Gasteiger partial charge in [-0.3, -0.25) is 0 Å². The van der Waals surface area contributed by atoms with E-state index in [2.05, 4.69) is 11.8 Å². The molecule has 0 amide bonds. The minimum Gasteiger partial charge on any atom is -0.501 e. The number of hydrogen-bond acceptors (Lipinski definition) is 1. The van der Waals surface area contributed by atoms with Crippen LogP contribution in [0, 0.1) is 11.8 Å². The lowest BCUT2D eigenvalue weighted by Crippen LogP contribution is -1.75. The van der Waals surface area contributed by atoms with Crippen molar-refractivity contribution in [2.24, 2.45) is 0 Å². The number of benzene rings is 1. The van der Waals surface area contributed by atoms with Crippen LogP contribution in [-0.4, -0.2) is 6.61 Å². The molecule has 0 fully saturated rings. The van der Waals surface area contributed by atoms with E-state index < -0.39 is 0 Å². The molecule has 1 rings (SSSR count). The van der Waals surface area contributed by atoms with Gasteiger partial charge in [0, 0.05) is 11.6 Å². The third kappa shape index (κ3) is 4.03. The van der Waals surface area contributed by atoms with E-state index >= 15 is 0 Å². The number of rotatable bonds is 2. The zero-order valence-electron chi connectivity index (χ0n) is 7.66. The van der Waals surface area contributed by atoms with E-state index in [1.165, 1.54) is 0 Å². The smallest absolute Gasteiger partial charge is 0.0912 e. The molecule has 0 spiro atoms. The minimum absolute atomic E-state index is 0.684. The summed E-state index contributed by atoms with van der Waals surface area (Å²) in [5, 5.41) is 0. The van der Waals surface area contributed by atoms with Crippen molar-refractivity contribution in [2.75, 3.05) is 6.61 Å². The van der Waals surface area contributed by atoms with E-state index in [0.29, 0.717) is 6.61 Å². The highest BCUT2D eigenvalue weighted by atomic mass is 16.5. The van der Waals surface area contributed by atoms with Gasteiger partial charge in [0.05, 0.1) is 12.9 Å². The van der Waals surface area contributed by atoms with Crippen molar-refractivity contribution in [1.29, 1.82) is 0 Å². The molecule has 1 nitrogen and oxygen atoms in total. The Labute approximate surface area is 79.0 Å². The van der Waals surface area contributed by atoms with Crippen LogP contribution in [0.1, 0.15) is 12.5 Å². The SMILES string of the molecule is CCO/C=C/C#Cc1ccccc1. The number of hydrogen-bond donors (Lipinski definition) is 0. The maximum absolute atomic E-state index is 4.99. The van der Waals surface area contributed by atoms with Crippen LogP contribution >= 0.6 is 0 Å². The topological polar surface area (TPSA) is 9.23 Å². The van der Waals surface area contributed by atoms with Crippen LogP contribution in [0.4, 0.5) is 0 Å². The second kappa shape index (κ2) is 5.91. The molecule has 0 saturated carbocycles. The Morgan fingerprint density at radius 1 is 1.31 bits per heavy atom. The first-order valence-electron chi connectivity index (χ1n) is 4.26. The molecule has 0 radical (unpaired) electrons. The predicted octanol–water partition coefficient (Wildman–Crippen LogP) is 2.59. The molecule has 66 valence electrons. The summed E-state index contributed by atoms with van der Waals surface area (Å²) in [6, 6.07) is 9.86. The van der Waals surface area contributed by atoms with Gasteiger partial charge >= 0.3 is 0 Å². The van der Waals surface area contributed by atoms with Crippen LogP contribution in [0.25, 0.3) is 0 Å². The first-order chi connectivity index (χ1) is 6.43. The highest BCUT2D eigenvalue weighted by Gasteiger charge is 1.78. The van der Waals surface area contributed by atoms with Crippen molar-refractivity contribution in [3.63, 3.8) is 0 Å². The van der Waals surface area contributed by atoms with Gasteiger partial charge in [0.25, 0.3) is 0 Å². The molecule has 0 N–H and O–H groups in total. The molecular formula is C12H12O. The number of ether oxygens (including phenoxy) is 1. The van der Waals surface area contributed by atoms with E-state index in [4.69, 9.17) is 4.74 Å². The van der Waals surface area contributed by atoms with Gasteiger partial charge < -0.3 is 4.74 Å². The van der Waals surface area contributed by atoms with E-state index in [9.17, 15) is 0 Å². The molecule has 0 aliphatic heterocycles. The van der Waals surface area contributed by atoms with Gasteiger partial charge in [0.2, 0.25) is 0 Å². The van der Waals surface area contributed by atoms with Gasteiger partial charge in [0.15, 0.2) is 0 Å². The first-order valence-corrected chi connectivity index (χ1v) is 4.26. The zero-order valence-corrected chi connectivity index (χ0v) is 7.66. The molecule has 0 aromatic heterocycles. The Bertz CT molecular complexity index is 314. The van der Waals surface area contributed by atoms with Gasteiger partial charge in [0.1, 0.15) is 0 Å². The van der Waals surface area contributed by atoms with Gasteiger partial charge in [-0.1, -0.05) is 30.0 Å². The number of allylic oxidation sites excluding steroid dienone is 1. The monoisotopic (exact) mass is 172 g/mol. The molecule has 0 aliphatic rings. The normalized spacial score (nSPS) is 9.31. The lowest BCUT2D eigenvalue weighted by atomic mass is 10.2. The molecule has 0 atom stereocenters. The fraction of sp³-hybridized carbons (Fsp3) is 0.167. The van der Waals surface area contributed by atoms with Crippen molar-refractivity contribution >= 4 is 0 Å². The molecule has 0 unspecified atom stereocenters. The summed E-state index contributed by atoms with van der Waals surface area (Å²) in [5.74, 6) is 5.87. The summed E-state index contributed by atoms with van der Waals surface area (Å²) < 4.78 is 4.99. The quantitative estimate of drug-likeness (QED) is 0.492. The Kier molecular flexibility index (Phi) is 4.27. The summed E-state index contributed by atoms with van der Waals surface area (Å²) in [4.78, 5) is 0. The second-order valence-electron chi connectivity index (χ2n) is 2.39. The molecule has 0 heterocycles. The van der Waals surface area contributed by atoms with Crippen molar-refractivity contribution < 1.29 is 4.74 Å². The van der Waals surface area contributed by atoms with Crippen LogP contribution < -0.4 is 0 Å². The maximum Gasteiger partial charge on any atom is 0.0912 e. The van der Waals surface area contributed by atoms with Crippen molar-refractivity contribution in [2.45, 2.75) is 6.92 Å².